The minimum absolute atomic E-state index is 0.318. The fourth-order valence-corrected chi connectivity index (χ4v) is 3.06. The molecule has 1 aromatic rings. The number of carbonyl (C=O) groups is 1. The second-order valence-electron chi connectivity index (χ2n) is 5.18. The molecule has 0 aliphatic carbocycles. The summed E-state index contributed by atoms with van der Waals surface area (Å²) in [6, 6.07) is 3.25. The first kappa shape index (κ1) is 17.2. The highest BCUT2D eigenvalue weighted by molar-refractivity contribution is 7.88. The van der Waals surface area contributed by atoms with Crippen molar-refractivity contribution in [2.45, 2.75) is 0 Å². The van der Waals surface area contributed by atoms with E-state index in [-0.39, 0.29) is 6.03 Å². The summed E-state index contributed by atoms with van der Waals surface area (Å²) in [6.07, 6.45) is 4.39. The molecular weight excluding hydrogens is 318 g/mol. The highest BCUT2D eigenvalue weighted by Gasteiger charge is 2.23. The van der Waals surface area contributed by atoms with Gasteiger partial charge in [-0.15, -0.1) is 6.58 Å². The van der Waals surface area contributed by atoms with Crippen molar-refractivity contribution >= 4 is 27.6 Å². The summed E-state index contributed by atoms with van der Waals surface area (Å²) in [5, 5.41) is 5.28. The van der Waals surface area contributed by atoms with Gasteiger partial charge in [0.1, 0.15) is 5.82 Å². The number of carbonyl (C=O) groups excluding carboxylic acids is 1. The average molecular weight is 339 g/mol. The van der Waals surface area contributed by atoms with Gasteiger partial charge in [-0.3, -0.25) is 0 Å². The highest BCUT2D eigenvalue weighted by atomic mass is 32.2. The Morgan fingerprint density at radius 2 is 2.04 bits per heavy atom. The number of piperazine rings is 1. The summed E-state index contributed by atoms with van der Waals surface area (Å²) in [4.78, 5) is 17.9. The highest BCUT2D eigenvalue weighted by Crippen LogP contribution is 2.17. The normalized spacial score (nSPS) is 16.0. The predicted molar refractivity (Wildman–Crippen MR) is 90.1 cm³/mol. The largest absolute Gasteiger partial charge is 0.354 e. The van der Waals surface area contributed by atoms with Crippen LogP contribution < -0.4 is 15.5 Å². The standard InChI is InChI=1S/C14H21N5O3S/c1-3-6-15-14(20)17-12-4-5-13(16-11-12)18-7-9-19(10-8-18)23(2,21)22/h3-5,11H,1,6-10H2,2H3,(H2,15,17,20). The Bertz CT molecular complexity index is 651. The Kier molecular flexibility index (Phi) is 5.56. The smallest absolute Gasteiger partial charge is 0.319 e. The molecule has 0 radical (unpaired) electrons. The van der Waals surface area contributed by atoms with Crippen LogP contribution >= 0.6 is 0 Å². The topological polar surface area (TPSA) is 94.6 Å². The molecule has 0 spiro atoms. The van der Waals surface area contributed by atoms with Crippen molar-refractivity contribution in [3.8, 4) is 0 Å². The van der Waals surface area contributed by atoms with E-state index < -0.39 is 10.0 Å². The van der Waals surface area contributed by atoms with Crippen LogP contribution in [0.15, 0.2) is 31.0 Å². The van der Waals surface area contributed by atoms with E-state index in [2.05, 4.69) is 22.2 Å². The molecule has 1 aliphatic rings. The first-order chi connectivity index (χ1) is 10.9. The first-order valence-corrected chi connectivity index (χ1v) is 9.07. The van der Waals surface area contributed by atoms with E-state index in [0.717, 1.165) is 5.82 Å². The summed E-state index contributed by atoms with van der Waals surface area (Å²) in [7, 11) is -3.13. The maximum Gasteiger partial charge on any atom is 0.319 e. The molecule has 9 heteroatoms. The van der Waals surface area contributed by atoms with Crippen molar-refractivity contribution < 1.29 is 13.2 Å². The van der Waals surface area contributed by atoms with Crippen molar-refractivity contribution in [2.24, 2.45) is 0 Å². The maximum atomic E-state index is 11.5. The number of rotatable bonds is 5. The fraction of sp³-hybridized carbons (Fsp3) is 0.429. The van der Waals surface area contributed by atoms with E-state index in [1.807, 2.05) is 4.90 Å². The van der Waals surface area contributed by atoms with E-state index in [9.17, 15) is 13.2 Å². The Hall–Kier alpha value is -2.13. The van der Waals surface area contributed by atoms with E-state index >= 15 is 0 Å². The number of hydrogen-bond donors (Lipinski definition) is 2. The quantitative estimate of drug-likeness (QED) is 0.761. The van der Waals surface area contributed by atoms with Gasteiger partial charge in [0.2, 0.25) is 10.0 Å². The number of pyridine rings is 1. The zero-order valence-electron chi connectivity index (χ0n) is 13.0. The summed E-state index contributed by atoms with van der Waals surface area (Å²) in [5.74, 6) is 0.759. The lowest BCUT2D eigenvalue weighted by molar-refractivity contribution is 0.253. The van der Waals surface area contributed by atoms with Crippen LogP contribution in [0.1, 0.15) is 0 Å². The van der Waals surface area contributed by atoms with Crippen LogP contribution in [0.3, 0.4) is 0 Å². The minimum atomic E-state index is -3.13. The van der Waals surface area contributed by atoms with Gasteiger partial charge in [0.25, 0.3) is 0 Å². The van der Waals surface area contributed by atoms with Gasteiger partial charge in [0.05, 0.1) is 18.1 Å². The summed E-state index contributed by atoms with van der Waals surface area (Å²) in [6.45, 7) is 5.99. The molecule has 2 N–H and O–H groups in total. The zero-order valence-corrected chi connectivity index (χ0v) is 13.8. The summed E-state index contributed by atoms with van der Waals surface area (Å²) >= 11 is 0. The Labute approximate surface area is 136 Å². The molecule has 0 bridgehead atoms. The zero-order chi connectivity index (χ0) is 16.9. The molecule has 1 aliphatic heterocycles. The monoisotopic (exact) mass is 339 g/mol. The van der Waals surface area contributed by atoms with Gasteiger partial charge in [-0.05, 0) is 12.1 Å². The van der Waals surface area contributed by atoms with Crippen LogP contribution in [0.25, 0.3) is 0 Å². The van der Waals surface area contributed by atoms with Gasteiger partial charge in [-0.2, -0.15) is 4.31 Å². The van der Waals surface area contributed by atoms with Gasteiger partial charge in [0.15, 0.2) is 0 Å². The second kappa shape index (κ2) is 7.42. The van der Waals surface area contributed by atoms with Gasteiger partial charge < -0.3 is 15.5 Å². The third kappa shape index (κ3) is 4.93. The summed E-state index contributed by atoms with van der Waals surface area (Å²) < 4.78 is 24.4. The number of amides is 2. The molecule has 1 saturated heterocycles. The third-order valence-electron chi connectivity index (χ3n) is 3.44. The Morgan fingerprint density at radius 1 is 1.35 bits per heavy atom. The molecule has 23 heavy (non-hydrogen) atoms. The van der Waals surface area contributed by atoms with Gasteiger partial charge in [0, 0.05) is 32.7 Å². The van der Waals surface area contributed by atoms with Crippen molar-refractivity contribution in [3.63, 3.8) is 0 Å². The molecule has 1 fully saturated rings. The molecule has 1 aromatic heterocycles. The lowest BCUT2D eigenvalue weighted by Crippen LogP contribution is -2.48. The number of sulfonamides is 1. The SMILES string of the molecule is C=CCNC(=O)Nc1ccc(N2CCN(S(C)(=O)=O)CC2)nc1. The minimum Gasteiger partial charge on any atom is -0.354 e. The van der Waals surface area contributed by atoms with Crippen LogP contribution in [-0.4, -0.2) is 62.7 Å². The number of nitrogens with zero attached hydrogens (tertiary/aromatic N) is 3. The van der Waals surface area contributed by atoms with E-state index in [1.54, 1.807) is 24.4 Å². The second-order valence-corrected chi connectivity index (χ2v) is 7.16. The van der Waals surface area contributed by atoms with Crippen LogP contribution in [0, 0.1) is 0 Å². The van der Waals surface area contributed by atoms with E-state index in [4.69, 9.17) is 0 Å². The van der Waals surface area contributed by atoms with Crippen molar-refractivity contribution in [1.82, 2.24) is 14.6 Å². The van der Waals surface area contributed by atoms with Crippen LogP contribution in [0.4, 0.5) is 16.3 Å². The Balaban J connectivity index is 1.90. The van der Waals surface area contributed by atoms with Gasteiger partial charge in [-0.25, -0.2) is 18.2 Å². The van der Waals surface area contributed by atoms with Crippen molar-refractivity contribution in [3.05, 3.63) is 31.0 Å². The molecule has 0 saturated carbocycles. The first-order valence-electron chi connectivity index (χ1n) is 7.22. The molecule has 2 rings (SSSR count). The average Bonchev–Trinajstić information content (AvgIpc) is 2.53. The van der Waals surface area contributed by atoms with Gasteiger partial charge >= 0.3 is 6.03 Å². The summed E-state index contributed by atoms with van der Waals surface area (Å²) in [5.41, 5.74) is 0.588. The molecule has 0 aromatic carbocycles. The van der Waals surface area contributed by atoms with Crippen LogP contribution in [0.2, 0.25) is 0 Å². The molecule has 0 unspecified atom stereocenters. The number of aromatic nitrogens is 1. The van der Waals surface area contributed by atoms with Crippen molar-refractivity contribution in [1.29, 1.82) is 0 Å². The van der Waals surface area contributed by atoms with Crippen LogP contribution in [0.5, 0.6) is 0 Å². The predicted octanol–water partition coefficient (Wildman–Crippen LogP) is 0.471. The lowest BCUT2D eigenvalue weighted by atomic mass is 10.3. The molecule has 8 nitrogen and oxygen atoms in total. The maximum absolute atomic E-state index is 11.5. The molecule has 0 atom stereocenters. The third-order valence-corrected chi connectivity index (χ3v) is 4.75. The fourth-order valence-electron chi connectivity index (χ4n) is 2.24. The number of urea groups is 1. The Morgan fingerprint density at radius 3 is 2.57 bits per heavy atom. The van der Waals surface area contributed by atoms with Crippen molar-refractivity contribution in [2.75, 3.05) is 49.2 Å². The molecule has 2 heterocycles. The van der Waals surface area contributed by atoms with Crippen LogP contribution in [-0.2, 0) is 10.0 Å². The number of anilines is 2. The molecular formula is C14H21N5O3S. The number of nitrogens with one attached hydrogen (secondary N) is 2. The van der Waals surface area contributed by atoms with E-state index in [1.165, 1.54) is 10.6 Å². The molecule has 2 amide bonds. The van der Waals surface area contributed by atoms with Gasteiger partial charge in [-0.1, -0.05) is 6.08 Å². The lowest BCUT2D eigenvalue weighted by Gasteiger charge is -2.33. The number of hydrogen-bond acceptors (Lipinski definition) is 5. The van der Waals surface area contributed by atoms with E-state index in [0.29, 0.717) is 38.4 Å². The molecule has 126 valence electrons.